The monoisotopic (exact) mass is 277 g/mol. The molecule has 0 N–H and O–H groups in total. The first-order valence-corrected chi connectivity index (χ1v) is 5.76. The molecule has 2 nitrogen and oxygen atoms in total. The minimum absolute atomic E-state index is 0.295. The molecule has 0 aromatic heterocycles. The molecule has 0 aliphatic heterocycles. The van der Waals surface area contributed by atoms with Crippen LogP contribution in [0.2, 0.25) is 0 Å². The van der Waals surface area contributed by atoms with Crippen LogP contribution >= 0.6 is 0 Å². The minimum atomic E-state index is -4.75. The van der Waals surface area contributed by atoms with Crippen LogP contribution in [0.1, 0.15) is 11.1 Å². The zero-order chi connectivity index (χ0) is 14.8. The van der Waals surface area contributed by atoms with E-state index in [0.29, 0.717) is 16.7 Å². The fourth-order valence-electron chi connectivity index (χ4n) is 1.79. The predicted octanol–water partition coefficient (Wildman–Crippen LogP) is 4.43. The second kappa shape index (κ2) is 5.25. The van der Waals surface area contributed by atoms with Crippen molar-refractivity contribution in [1.29, 1.82) is 5.26 Å². The van der Waals surface area contributed by atoms with Gasteiger partial charge in [-0.3, -0.25) is 0 Å². The molecule has 5 heteroatoms. The highest BCUT2D eigenvalue weighted by molar-refractivity contribution is 5.72. The van der Waals surface area contributed by atoms with Gasteiger partial charge in [-0.25, -0.2) is 0 Å². The highest BCUT2D eigenvalue weighted by Gasteiger charge is 2.31. The van der Waals surface area contributed by atoms with E-state index < -0.39 is 6.36 Å². The van der Waals surface area contributed by atoms with Crippen molar-refractivity contribution in [2.75, 3.05) is 0 Å². The van der Waals surface area contributed by atoms with Gasteiger partial charge in [0.05, 0.1) is 11.6 Å². The topological polar surface area (TPSA) is 33.0 Å². The van der Waals surface area contributed by atoms with Crippen molar-refractivity contribution in [3.8, 4) is 22.9 Å². The molecule has 0 aliphatic carbocycles. The highest BCUT2D eigenvalue weighted by Crippen LogP contribution is 2.30. The molecule has 0 aliphatic rings. The quantitative estimate of drug-likeness (QED) is 0.813. The summed E-state index contributed by atoms with van der Waals surface area (Å²) in [5.74, 6) is -0.341. The molecule has 0 saturated carbocycles. The van der Waals surface area contributed by atoms with Crippen LogP contribution in [0.25, 0.3) is 11.1 Å². The first kappa shape index (κ1) is 13.9. The number of aryl methyl sites for hydroxylation is 1. The van der Waals surface area contributed by atoms with E-state index in [1.54, 1.807) is 12.1 Å². The van der Waals surface area contributed by atoms with E-state index in [1.165, 1.54) is 12.1 Å². The largest absolute Gasteiger partial charge is 0.573 e. The number of hydrogen-bond donors (Lipinski definition) is 0. The number of nitrogens with zero attached hydrogens (tertiary/aromatic N) is 1. The lowest BCUT2D eigenvalue weighted by Gasteiger charge is -2.11. The smallest absolute Gasteiger partial charge is 0.406 e. The van der Waals surface area contributed by atoms with Gasteiger partial charge in [-0.1, -0.05) is 29.8 Å². The average Bonchev–Trinajstić information content (AvgIpc) is 2.38. The first-order valence-electron chi connectivity index (χ1n) is 5.76. The molecule has 0 radical (unpaired) electrons. The Kier molecular flexibility index (Phi) is 3.66. The molecular formula is C15H10F3NO. The van der Waals surface area contributed by atoms with Crippen LogP contribution in [0.4, 0.5) is 13.2 Å². The fraction of sp³-hybridized carbons (Fsp3) is 0.133. The summed E-state index contributed by atoms with van der Waals surface area (Å²) in [4.78, 5) is 0. The third-order valence-electron chi connectivity index (χ3n) is 2.71. The number of halogens is 3. The van der Waals surface area contributed by atoms with Gasteiger partial charge in [-0.15, -0.1) is 13.2 Å². The summed E-state index contributed by atoms with van der Waals surface area (Å²) in [7, 11) is 0. The van der Waals surface area contributed by atoms with Crippen LogP contribution in [0.5, 0.6) is 5.75 Å². The molecule has 0 saturated heterocycles. The Morgan fingerprint density at radius 1 is 1.05 bits per heavy atom. The van der Waals surface area contributed by atoms with Crippen molar-refractivity contribution in [2.24, 2.45) is 0 Å². The lowest BCUT2D eigenvalue weighted by atomic mass is 9.99. The Bertz CT molecular complexity index is 654. The Morgan fingerprint density at radius 2 is 1.70 bits per heavy atom. The molecule has 2 aromatic carbocycles. The van der Waals surface area contributed by atoms with E-state index in [9.17, 15) is 13.2 Å². The zero-order valence-electron chi connectivity index (χ0n) is 10.5. The molecule has 0 atom stereocenters. The van der Waals surface area contributed by atoms with Crippen molar-refractivity contribution in [3.63, 3.8) is 0 Å². The second-order valence-electron chi connectivity index (χ2n) is 4.23. The van der Waals surface area contributed by atoms with Gasteiger partial charge >= 0.3 is 6.36 Å². The van der Waals surface area contributed by atoms with Gasteiger partial charge in [0.15, 0.2) is 0 Å². The number of rotatable bonds is 2. The van der Waals surface area contributed by atoms with E-state index in [0.717, 1.165) is 11.6 Å². The minimum Gasteiger partial charge on any atom is -0.406 e. The number of hydrogen-bond acceptors (Lipinski definition) is 2. The van der Waals surface area contributed by atoms with E-state index in [4.69, 9.17) is 5.26 Å². The Labute approximate surface area is 114 Å². The second-order valence-corrected chi connectivity index (χ2v) is 4.23. The number of ether oxygens (including phenoxy) is 1. The molecule has 2 aromatic rings. The van der Waals surface area contributed by atoms with Crippen LogP contribution in [0.15, 0.2) is 42.5 Å². The molecule has 102 valence electrons. The van der Waals surface area contributed by atoms with Gasteiger partial charge in [0.2, 0.25) is 0 Å². The van der Waals surface area contributed by atoms with Crippen molar-refractivity contribution < 1.29 is 17.9 Å². The summed E-state index contributed by atoms with van der Waals surface area (Å²) in [5.41, 5.74) is 2.40. The van der Waals surface area contributed by atoms with Crippen LogP contribution in [-0.2, 0) is 0 Å². The lowest BCUT2D eigenvalue weighted by molar-refractivity contribution is -0.274. The molecule has 0 bridgehead atoms. The summed E-state index contributed by atoms with van der Waals surface area (Å²) >= 11 is 0. The van der Waals surface area contributed by atoms with E-state index >= 15 is 0 Å². The van der Waals surface area contributed by atoms with E-state index in [2.05, 4.69) is 4.74 Å². The van der Waals surface area contributed by atoms with Gasteiger partial charge in [-0.2, -0.15) is 5.26 Å². The molecule has 0 fully saturated rings. The van der Waals surface area contributed by atoms with E-state index in [-0.39, 0.29) is 5.75 Å². The Balaban J connectivity index is 2.47. The van der Waals surface area contributed by atoms with Crippen molar-refractivity contribution in [3.05, 3.63) is 53.6 Å². The Hall–Kier alpha value is -2.48. The van der Waals surface area contributed by atoms with Crippen molar-refractivity contribution in [2.45, 2.75) is 13.3 Å². The van der Waals surface area contributed by atoms with Crippen LogP contribution in [-0.4, -0.2) is 6.36 Å². The molecule has 0 heterocycles. The molecule has 0 amide bonds. The zero-order valence-corrected chi connectivity index (χ0v) is 10.5. The third kappa shape index (κ3) is 3.29. The Morgan fingerprint density at radius 3 is 2.25 bits per heavy atom. The average molecular weight is 277 g/mol. The fourth-order valence-corrected chi connectivity index (χ4v) is 1.79. The van der Waals surface area contributed by atoms with Gasteiger partial charge in [-0.05, 0) is 30.7 Å². The summed E-state index contributed by atoms with van der Waals surface area (Å²) in [6.45, 7) is 1.90. The van der Waals surface area contributed by atoms with Crippen LogP contribution in [0, 0.1) is 18.3 Å². The standard InChI is InChI=1S/C15H10F3NO/c1-10-2-4-11(5-3-10)14-8-13(20-15(16,17)18)7-6-12(14)9-19/h2-8H,1H3. The van der Waals surface area contributed by atoms with Gasteiger partial charge in [0.1, 0.15) is 5.75 Å². The number of nitriles is 1. The third-order valence-corrected chi connectivity index (χ3v) is 2.71. The maximum atomic E-state index is 12.2. The van der Waals surface area contributed by atoms with Crippen molar-refractivity contribution >= 4 is 0 Å². The lowest BCUT2D eigenvalue weighted by Crippen LogP contribution is -2.17. The summed E-state index contributed by atoms with van der Waals surface area (Å²) in [6.07, 6.45) is -4.75. The summed E-state index contributed by atoms with van der Waals surface area (Å²) < 4.78 is 40.5. The normalized spacial score (nSPS) is 10.9. The maximum Gasteiger partial charge on any atom is 0.573 e. The molecule has 0 unspecified atom stereocenters. The molecule has 20 heavy (non-hydrogen) atoms. The summed E-state index contributed by atoms with van der Waals surface area (Å²) in [6, 6.07) is 12.8. The highest BCUT2D eigenvalue weighted by atomic mass is 19.4. The van der Waals surface area contributed by atoms with Crippen LogP contribution < -0.4 is 4.74 Å². The van der Waals surface area contributed by atoms with E-state index in [1.807, 2.05) is 25.1 Å². The predicted molar refractivity (Wildman–Crippen MR) is 68.0 cm³/mol. The van der Waals surface area contributed by atoms with Crippen molar-refractivity contribution in [1.82, 2.24) is 0 Å². The number of alkyl halides is 3. The van der Waals surface area contributed by atoms with Gasteiger partial charge in [0.25, 0.3) is 0 Å². The van der Waals surface area contributed by atoms with Gasteiger partial charge < -0.3 is 4.74 Å². The maximum absolute atomic E-state index is 12.2. The molecule has 0 spiro atoms. The summed E-state index contributed by atoms with van der Waals surface area (Å²) in [5, 5.41) is 9.04. The SMILES string of the molecule is Cc1ccc(-c2cc(OC(F)(F)F)ccc2C#N)cc1. The first-order chi connectivity index (χ1) is 9.39. The molecule has 2 rings (SSSR count). The van der Waals surface area contributed by atoms with Gasteiger partial charge in [0, 0.05) is 5.56 Å². The van der Waals surface area contributed by atoms with Crippen LogP contribution in [0.3, 0.4) is 0 Å². The number of benzene rings is 2. The molecular weight excluding hydrogens is 267 g/mol.